The van der Waals surface area contributed by atoms with Gasteiger partial charge in [0.15, 0.2) is 6.10 Å². The maximum absolute atomic E-state index is 12.6. The summed E-state index contributed by atoms with van der Waals surface area (Å²) in [5.74, 6) is -2.40. The van der Waals surface area contributed by atoms with Gasteiger partial charge in [-0.1, -0.05) is 128 Å². The van der Waals surface area contributed by atoms with Crippen molar-refractivity contribution in [1.29, 1.82) is 0 Å². The molecule has 0 saturated heterocycles. The highest BCUT2D eigenvalue weighted by atomic mass is 31.2. The van der Waals surface area contributed by atoms with Crippen molar-refractivity contribution < 1.29 is 47.5 Å². The van der Waals surface area contributed by atoms with Crippen LogP contribution in [-0.2, 0) is 37.5 Å². The summed E-state index contributed by atoms with van der Waals surface area (Å²) < 4.78 is 32.6. The molecule has 11 nitrogen and oxygen atoms in total. The predicted octanol–water partition coefficient (Wildman–Crippen LogP) is 10.3. The van der Waals surface area contributed by atoms with Crippen molar-refractivity contribution in [3.8, 4) is 0 Å². The first-order chi connectivity index (χ1) is 25.1. The minimum atomic E-state index is -4.71. The number of aliphatic carboxylic acids is 1. The zero-order chi connectivity index (χ0) is 38.5. The Morgan fingerprint density at radius 2 is 0.962 bits per heavy atom. The van der Waals surface area contributed by atoms with Crippen LogP contribution >= 0.6 is 7.82 Å². The topological polar surface area (TPSA) is 172 Å². The number of rotatable bonds is 38. The molecule has 0 amide bonds. The number of phosphoric ester groups is 1. The van der Waals surface area contributed by atoms with Crippen molar-refractivity contribution in [3.05, 3.63) is 24.3 Å². The van der Waals surface area contributed by atoms with Crippen LogP contribution in [0, 0.1) is 0 Å². The lowest BCUT2D eigenvalue weighted by molar-refractivity contribution is -0.161. The third-order valence-corrected chi connectivity index (χ3v) is 9.62. The quantitative estimate of drug-likeness (QED) is 0.0237. The molecule has 0 aliphatic heterocycles. The number of nitrogens with two attached hydrogens (primary N) is 1. The number of hydrogen-bond donors (Lipinski definition) is 3. The van der Waals surface area contributed by atoms with Crippen molar-refractivity contribution in [1.82, 2.24) is 0 Å². The molecule has 0 heterocycles. The minimum absolute atomic E-state index is 0.141. The normalized spacial score (nSPS) is 14.1. The van der Waals surface area contributed by atoms with E-state index in [0.717, 1.165) is 51.4 Å². The van der Waals surface area contributed by atoms with Gasteiger partial charge in [-0.15, -0.1) is 0 Å². The van der Waals surface area contributed by atoms with E-state index in [9.17, 15) is 23.8 Å². The van der Waals surface area contributed by atoms with E-state index in [2.05, 4.69) is 42.7 Å². The first-order valence-electron chi connectivity index (χ1n) is 20.4. The van der Waals surface area contributed by atoms with Gasteiger partial charge in [-0.25, -0.2) is 4.57 Å². The molecular formula is C40H74NO10P. The van der Waals surface area contributed by atoms with E-state index < -0.39 is 51.1 Å². The molecule has 12 heteroatoms. The van der Waals surface area contributed by atoms with E-state index in [1.807, 2.05) is 0 Å². The molecule has 0 aromatic carbocycles. The number of hydrogen-bond acceptors (Lipinski definition) is 9. The lowest BCUT2D eigenvalue weighted by Gasteiger charge is -2.20. The lowest BCUT2D eigenvalue weighted by atomic mass is 10.1. The molecule has 0 fully saturated rings. The molecule has 0 saturated carbocycles. The molecule has 0 aliphatic rings. The number of carboxylic acids is 1. The lowest BCUT2D eigenvalue weighted by Crippen LogP contribution is -2.34. The summed E-state index contributed by atoms with van der Waals surface area (Å²) in [5, 5.41) is 8.87. The van der Waals surface area contributed by atoms with Crippen molar-refractivity contribution >= 4 is 25.7 Å². The second-order valence-corrected chi connectivity index (χ2v) is 15.2. The molecule has 0 bridgehead atoms. The molecule has 0 radical (unpaired) electrons. The van der Waals surface area contributed by atoms with Gasteiger partial charge in [0.2, 0.25) is 0 Å². The number of unbranched alkanes of at least 4 members (excludes halogenated alkanes) is 20. The van der Waals surface area contributed by atoms with Crippen LogP contribution in [-0.4, -0.2) is 59.9 Å². The largest absolute Gasteiger partial charge is 0.480 e. The zero-order valence-electron chi connectivity index (χ0n) is 32.7. The van der Waals surface area contributed by atoms with E-state index in [1.165, 1.54) is 89.9 Å². The van der Waals surface area contributed by atoms with E-state index in [-0.39, 0.29) is 19.4 Å². The monoisotopic (exact) mass is 760 g/mol. The number of phosphoric acid groups is 1. The predicted molar refractivity (Wildman–Crippen MR) is 208 cm³/mol. The van der Waals surface area contributed by atoms with Crippen LogP contribution in [0.2, 0.25) is 0 Å². The first kappa shape index (κ1) is 50.0. The number of carbonyl (C=O) groups excluding carboxylic acids is 2. The van der Waals surface area contributed by atoms with Gasteiger partial charge in [0.25, 0.3) is 0 Å². The first-order valence-corrected chi connectivity index (χ1v) is 21.9. The van der Waals surface area contributed by atoms with Gasteiger partial charge in [0, 0.05) is 12.8 Å². The summed E-state index contributed by atoms with van der Waals surface area (Å²) in [6.07, 6.45) is 35.3. The fourth-order valence-corrected chi connectivity index (χ4v) is 6.18. The van der Waals surface area contributed by atoms with Crippen LogP contribution in [0.3, 0.4) is 0 Å². The standard InChI is InChI=1S/C40H74NO10P/c1-3-5-7-9-11-13-15-17-18-20-21-23-25-27-29-31-38(42)48-33-36(34-49-52(46,47)50-35-37(41)40(44)45)51-39(43)32-30-28-26-24-22-19-16-14-12-10-8-6-4-2/h13,15,19,22,36-37H,3-12,14,16-18,20-21,23-35,41H2,1-2H3,(H,44,45)(H,46,47)/b15-13+,22-19+/t36-,37+/m1/s1. The maximum atomic E-state index is 12.6. The highest BCUT2D eigenvalue weighted by Crippen LogP contribution is 2.43. The Morgan fingerprint density at radius 1 is 0.577 bits per heavy atom. The van der Waals surface area contributed by atoms with Crippen LogP contribution in [0.5, 0.6) is 0 Å². The van der Waals surface area contributed by atoms with Gasteiger partial charge >= 0.3 is 25.7 Å². The second-order valence-electron chi connectivity index (χ2n) is 13.8. The zero-order valence-corrected chi connectivity index (χ0v) is 33.5. The van der Waals surface area contributed by atoms with E-state index in [4.69, 9.17) is 24.8 Å². The summed E-state index contributed by atoms with van der Waals surface area (Å²) in [4.78, 5) is 45.8. The maximum Gasteiger partial charge on any atom is 0.472 e. The van der Waals surface area contributed by atoms with Gasteiger partial charge in [-0.05, 0) is 64.2 Å². The smallest absolute Gasteiger partial charge is 0.472 e. The Morgan fingerprint density at radius 3 is 1.44 bits per heavy atom. The third-order valence-electron chi connectivity index (χ3n) is 8.67. The number of carbonyl (C=O) groups is 3. The van der Waals surface area contributed by atoms with Gasteiger partial charge in [0.05, 0.1) is 13.2 Å². The molecule has 0 rings (SSSR count). The van der Waals surface area contributed by atoms with Crippen LogP contribution in [0.1, 0.15) is 181 Å². The van der Waals surface area contributed by atoms with Gasteiger partial charge in [-0.3, -0.25) is 23.4 Å². The number of esters is 2. The summed E-state index contributed by atoms with van der Waals surface area (Å²) in [6, 6.07) is -1.52. The molecule has 0 aliphatic carbocycles. The van der Waals surface area contributed by atoms with E-state index >= 15 is 0 Å². The second kappa shape index (κ2) is 36.0. The molecule has 4 N–H and O–H groups in total. The van der Waals surface area contributed by atoms with Crippen molar-refractivity contribution in [2.75, 3.05) is 19.8 Å². The highest BCUT2D eigenvalue weighted by molar-refractivity contribution is 7.47. The molecule has 1 unspecified atom stereocenters. The molecular weight excluding hydrogens is 685 g/mol. The average molecular weight is 760 g/mol. The van der Waals surface area contributed by atoms with Gasteiger partial charge < -0.3 is 25.2 Å². The fourth-order valence-electron chi connectivity index (χ4n) is 5.41. The minimum Gasteiger partial charge on any atom is -0.480 e. The summed E-state index contributed by atoms with van der Waals surface area (Å²) in [6.45, 7) is 2.75. The Balaban J connectivity index is 4.42. The highest BCUT2D eigenvalue weighted by Gasteiger charge is 2.28. The van der Waals surface area contributed by atoms with Crippen molar-refractivity contribution in [2.24, 2.45) is 5.73 Å². The number of allylic oxidation sites excluding steroid dienone is 4. The Hall–Kier alpha value is -2.04. The van der Waals surface area contributed by atoms with Crippen LogP contribution in [0.15, 0.2) is 24.3 Å². The third kappa shape index (κ3) is 35.0. The number of carboxylic acid groups (broad SMARTS) is 1. The van der Waals surface area contributed by atoms with Crippen molar-refractivity contribution in [2.45, 2.75) is 193 Å². The van der Waals surface area contributed by atoms with Gasteiger partial charge in [-0.2, -0.15) is 0 Å². The number of ether oxygens (including phenoxy) is 2. The molecule has 0 aromatic heterocycles. The summed E-state index contributed by atoms with van der Waals surface area (Å²) in [5.41, 5.74) is 5.32. The fraction of sp³-hybridized carbons (Fsp3) is 0.825. The Bertz CT molecular complexity index is 989. The Kier molecular flexibility index (Phi) is 34.6. The van der Waals surface area contributed by atoms with E-state index in [1.54, 1.807) is 0 Å². The van der Waals surface area contributed by atoms with Crippen LogP contribution < -0.4 is 5.73 Å². The summed E-state index contributed by atoms with van der Waals surface area (Å²) >= 11 is 0. The average Bonchev–Trinajstić information content (AvgIpc) is 3.12. The van der Waals surface area contributed by atoms with E-state index in [0.29, 0.717) is 12.8 Å². The molecule has 3 atom stereocenters. The van der Waals surface area contributed by atoms with Crippen molar-refractivity contribution in [3.63, 3.8) is 0 Å². The molecule has 304 valence electrons. The Labute approximate surface area is 315 Å². The molecule has 0 aromatic rings. The van der Waals surface area contributed by atoms with Crippen LogP contribution in [0.4, 0.5) is 0 Å². The van der Waals surface area contributed by atoms with Gasteiger partial charge in [0.1, 0.15) is 12.6 Å². The summed E-state index contributed by atoms with van der Waals surface area (Å²) in [7, 11) is -4.71. The van der Waals surface area contributed by atoms with Crippen LogP contribution in [0.25, 0.3) is 0 Å². The molecule has 52 heavy (non-hydrogen) atoms. The molecule has 0 spiro atoms. The SMILES string of the molecule is CCCCCC/C=C/CCCCCCCCCC(=O)OC[C@H](COP(=O)(O)OC[C@H](N)C(=O)O)OC(=O)CCCCC/C=C/CCCCCCCC.